The summed E-state index contributed by atoms with van der Waals surface area (Å²) in [7, 11) is 0. The third-order valence-electron chi connectivity index (χ3n) is 2.75. The van der Waals surface area contributed by atoms with Crippen LogP contribution in [-0.4, -0.2) is 40.7 Å². The number of hydrogen-bond donors (Lipinski definition) is 2. The van der Waals surface area contributed by atoms with Crippen molar-refractivity contribution >= 4 is 29.0 Å². The lowest BCUT2D eigenvalue weighted by Gasteiger charge is -2.16. The van der Waals surface area contributed by atoms with Crippen molar-refractivity contribution in [2.24, 2.45) is 0 Å². The highest BCUT2D eigenvalue weighted by Crippen LogP contribution is 2.25. The fourth-order valence-corrected chi connectivity index (χ4v) is 3.29. The van der Waals surface area contributed by atoms with E-state index in [1.54, 1.807) is 23.1 Å². The Morgan fingerprint density at radius 1 is 1.55 bits per heavy atom. The van der Waals surface area contributed by atoms with Gasteiger partial charge in [0.25, 0.3) is 0 Å². The molecular formula is C14H24N2O2S2. The van der Waals surface area contributed by atoms with E-state index in [9.17, 15) is 4.79 Å². The molecule has 1 aromatic heterocycles. The van der Waals surface area contributed by atoms with Gasteiger partial charge in [-0.25, -0.2) is 4.98 Å². The quantitative estimate of drug-likeness (QED) is 0.809. The van der Waals surface area contributed by atoms with Crippen LogP contribution in [0.3, 0.4) is 0 Å². The molecule has 1 aromatic rings. The Morgan fingerprint density at radius 3 is 2.75 bits per heavy atom. The van der Waals surface area contributed by atoms with E-state index in [0.717, 1.165) is 16.5 Å². The van der Waals surface area contributed by atoms with Gasteiger partial charge in [0.1, 0.15) is 0 Å². The number of aliphatic hydroxyl groups is 1. The molecule has 0 saturated carbocycles. The van der Waals surface area contributed by atoms with E-state index >= 15 is 0 Å². The van der Waals surface area contributed by atoms with Crippen LogP contribution in [0.15, 0.2) is 5.38 Å². The normalized spacial score (nSPS) is 13.2. The first-order chi connectivity index (χ1) is 9.36. The van der Waals surface area contributed by atoms with Crippen LogP contribution in [0.2, 0.25) is 0 Å². The van der Waals surface area contributed by atoms with Gasteiger partial charge in [0.15, 0.2) is 0 Å². The lowest BCUT2D eigenvalue weighted by molar-refractivity contribution is -0.121. The lowest BCUT2D eigenvalue weighted by atomic mass is 9.98. The largest absolute Gasteiger partial charge is 0.396 e. The summed E-state index contributed by atoms with van der Waals surface area (Å²) in [6.07, 6.45) is 2.90. The van der Waals surface area contributed by atoms with Crippen molar-refractivity contribution in [1.82, 2.24) is 10.3 Å². The molecule has 20 heavy (non-hydrogen) atoms. The monoisotopic (exact) mass is 316 g/mol. The van der Waals surface area contributed by atoms with Gasteiger partial charge in [0.05, 0.1) is 17.1 Å². The van der Waals surface area contributed by atoms with Crippen LogP contribution in [0.25, 0.3) is 0 Å². The first-order valence-electron chi connectivity index (χ1n) is 6.71. The summed E-state index contributed by atoms with van der Waals surface area (Å²) in [4.78, 5) is 16.5. The minimum Gasteiger partial charge on any atom is -0.396 e. The Morgan fingerprint density at radius 2 is 2.25 bits per heavy atom. The predicted octanol–water partition coefficient (Wildman–Crippen LogP) is 2.21. The van der Waals surface area contributed by atoms with Gasteiger partial charge in [-0.1, -0.05) is 20.8 Å². The second-order valence-electron chi connectivity index (χ2n) is 5.80. The Bertz CT molecular complexity index is 421. The van der Waals surface area contributed by atoms with Crippen LogP contribution in [0.4, 0.5) is 0 Å². The molecule has 1 unspecified atom stereocenters. The molecule has 0 radical (unpaired) electrons. The number of aliphatic hydroxyl groups excluding tert-OH is 1. The molecule has 4 nitrogen and oxygen atoms in total. The third-order valence-corrected chi connectivity index (χ3v) is 4.80. The highest BCUT2D eigenvalue weighted by atomic mass is 32.2. The third kappa shape index (κ3) is 5.81. The Balaban J connectivity index is 2.55. The summed E-state index contributed by atoms with van der Waals surface area (Å²) in [5, 5.41) is 15.0. The molecule has 0 fully saturated rings. The molecule has 1 heterocycles. The molecule has 0 aliphatic carbocycles. The van der Waals surface area contributed by atoms with Crippen LogP contribution in [-0.2, 0) is 16.6 Å². The van der Waals surface area contributed by atoms with Gasteiger partial charge in [-0.3, -0.25) is 4.79 Å². The van der Waals surface area contributed by atoms with Crippen LogP contribution in [0.5, 0.6) is 0 Å². The number of hydrogen-bond acceptors (Lipinski definition) is 5. The maximum atomic E-state index is 12.0. The first-order valence-corrected chi connectivity index (χ1v) is 8.98. The van der Waals surface area contributed by atoms with Gasteiger partial charge < -0.3 is 10.4 Å². The summed E-state index contributed by atoms with van der Waals surface area (Å²) >= 11 is 3.27. The average molecular weight is 316 g/mol. The number of carbonyl (C=O) groups is 1. The average Bonchev–Trinajstić information content (AvgIpc) is 2.77. The molecule has 0 aliphatic heterocycles. The number of carbonyl (C=O) groups excluding carboxylic acids is 1. The molecule has 0 bridgehead atoms. The number of thioether (sulfide) groups is 1. The topological polar surface area (TPSA) is 62.2 Å². The van der Waals surface area contributed by atoms with Crippen molar-refractivity contribution in [3.8, 4) is 0 Å². The molecule has 2 N–H and O–H groups in total. The molecule has 0 spiro atoms. The Kier molecular flexibility index (Phi) is 6.99. The summed E-state index contributed by atoms with van der Waals surface area (Å²) in [6.45, 7) is 6.44. The number of thiazole rings is 1. The second kappa shape index (κ2) is 8.00. The number of amides is 1. The summed E-state index contributed by atoms with van der Waals surface area (Å²) in [6, 6.07) is 0.0308. The predicted molar refractivity (Wildman–Crippen MR) is 86.5 cm³/mol. The molecule has 114 valence electrons. The zero-order valence-electron chi connectivity index (χ0n) is 12.6. The van der Waals surface area contributed by atoms with Crippen molar-refractivity contribution in [1.29, 1.82) is 0 Å². The van der Waals surface area contributed by atoms with E-state index in [1.165, 1.54) is 0 Å². The number of rotatable bonds is 7. The van der Waals surface area contributed by atoms with E-state index < -0.39 is 0 Å². The van der Waals surface area contributed by atoms with E-state index in [2.05, 4.69) is 31.1 Å². The zero-order chi connectivity index (χ0) is 15.2. The van der Waals surface area contributed by atoms with Crippen LogP contribution >= 0.6 is 23.1 Å². The van der Waals surface area contributed by atoms with Gasteiger partial charge >= 0.3 is 0 Å². The molecule has 0 aliphatic rings. The number of nitrogens with zero attached hydrogens (tertiary/aromatic N) is 1. The van der Waals surface area contributed by atoms with Crippen molar-refractivity contribution in [2.75, 3.05) is 18.6 Å². The van der Waals surface area contributed by atoms with E-state index in [4.69, 9.17) is 5.11 Å². The van der Waals surface area contributed by atoms with Crippen molar-refractivity contribution in [3.05, 3.63) is 16.1 Å². The minimum atomic E-state index is -0.0248. The summed E-state index contributed by atoms with van der Waals surface area (Å²) < 4.78 is 0. The van der Waals surface area contributed by atoms with E-state index in [0.29, 0.717) is 12.8 Å². The highest BCUT2D eigenvalue weighted by Gasteiger charge is 2.19. The van der Waals surface area contributed by atoms with Crippen molar-refractivity contribution < 1.29 is 9.90 Å². The maximum absolute atomic E-state index is 12.0. The zero-order valence-corrected chi connectivity index (χ0v) is 14.2. The minimum absolute atomic E-state index is 0.0248. The maximum Gasteiger partial charge on any atom is 0.226 e. The smallest absolute Gasteiger partial charge is 0.226 e. The first kappa shape index (κ1) is 17.5. The van der Waals surface area contributed by atoms with Gasteiger partial charge in [0.2, 0.25) is 5.91 Å². The van der Waals surface area contributed by atoms with E-state index in [1.807, 2.05) is 11.6 Å². The standard InChI is InChI=1S/C14H24N2O2S2/c1-14(2,3)13-16-11(9-20-13)7-12(18)15-10(5-6-17)8-19-4/h9-10,17H,5-8H2,1-4H3,(H,15,18). The number of nitrogens with one attached hydrogen (secondary N) is 1. The molecule has 1 atom stereocenters. The molecule has 1 rings (SSSR count). The fraction of sp³-hybridized carbons (Fsp3) is 0.714. The van der Waals surface area contributed by atoms with Gasteiger partial charge in [0, 0.05) is 29.2 Å². The van der Waals surface area contributed by atoms with Gasteiger partial charge in [-0.2, -0.15) is 11.8 Å². The van der Waals surface area contributed by atoms with Crippen LogP contribution in [0.1, 0.15) is 37.9 Å². The Hall–Kier alpha value is -0.590. The number of aromatic nitrogens is 1. The van der Waals surface area contributed by atoms with Crippen LogP contribution in [0, 0.1) is 0 Å². The van der Waals surface area contributed by atoms with Gasteiger partial charge in [-0.15, -0.1) is 11.3 Å². The molecular weight excluding hydrogens is 292 g/mol. The van der Waals surface area contributed by atoms with Crippen molar-refractivity contribution in [2.45, 2.75) is 45.1 Å². The van der Waals surface area contributed by atoms with Crippen LogP contribution < -0.4 is 5.32 Å². The van der Waals surface area contributed by atoms with Crippen molar-refractivity contribution in [3.63, 3.8) is 0 Å². The van der Waals surface area contributed by atoms with E-state index in [-0.39, 0.29) is 24.0 Å². The fourth-order valence-electron chi connectivity index (χ4n) is 1.73. The molecule has 0 aromatic carbocycles. The Labute approximate surface area is 129 Å². The second-order valence-corrected chi connectivity index (χ2v) is 7.57. The van der Waals surface area contributed by atoms with Gasteiger partial charge in [-0.05, 0) is 12.7 Å². The molecule has 0 saturated heterocycles. The summed E-state index contributed by atoms with van der Waals surface area (Å²) in [5.74, 6) is 0.791. The SMILES string of the molecule is CSCC(CCO)NC(=O)Cc1csc(C(C)(C)C)n1. The molecule has 1 amide bonds. The summed E-state index contributed by atoms with van der Waals surface area (Å²) in [5.41, 5.74) is 0.849. The lowest BCUT2D eigenvalue weighted by Crippen LogP contribution is -2.38. The molecule has 6 heteroatoms. The highest BCUT2D eigenvalue weighted by molar-refractivity contribution is 7.98.